The van der Waals surface area contributed by atoms with Crippen molar-refractivity contribution < 1.29 is 9.32 Å². The lowest BCUT2D eigenvalue weighted by molar-refractivity contribution is -0.132. The van der Waals surface area contributed by atoms with Crippen LogP contribution in [0.4, 0.5) is 0 Å². The molecule has 1 aliphatic rings. The quantitative estimate of drug-likeness (QED) is 0.870. The zero-order valence-electron chi connectivity index (χ0n) is 12.3. The van der Waals surface area contributed by atoms with Crippen LogP contribution in [0.1, 0.15) is 35.8 Å². The first-order chi connectivity index (χ1) is 10.2. The van der Waals surface area contributed by atoms with Gasteiger partial charge in [0.25, 0.3) is 0 Å². The molecule has 0 unspecified atom stereocenters. The number of aromatic nitrogens is 1. The molecule has 1 aliphatic heterocycles. The standard InChI is InChI=1S/C17H20N2O2/c1-13-10-16(21-18-13)11-17(20)19-9-5-8-15(12-19)14-6-3-2-4-7-14/h2-4,6-7,10,15H,5,8-9,11-12H2,1H3/t15-/m1/s1. The Morgan fingerprint density at radius 1 is 1.38 bits per heavy atom. The first-order valence-corrected chi connectivity index (χ1v) is 7.47. The van der Waals surface area contributed by atoms with Crippen molar-refractivity contribution in [2.45, 2.75) is 32.1 Å². The molecule has 4 heteroatoms. The molecule has 3 rings (SSSR count). The topological polar surface area (TPSA) is 46.3 Å². The minimum Gasteiger partial charge on any atom is -0.361 e. The lowest BCUT2D eigenvalue weighted by Crippen LogP contribution is -2.39. The summed E-state index contributed by atoms with van der Waals surface area (Å²) in [5.74, 6) is 1.23. The molecule has 0 spiro atoms. The fourth-order valence-corrected chi connectivity index (χ4v) is 2.96. The summed E-state index contributed by atoms with van der Waals surface area (Å²) in [6, 6.07) is 12.3. The minimum atomic E-state index is 0.131. The van der Waals surface area contributed by atoms with Crippen molar-refractivity contribution in [3.05, 3.63) is 53.4 Å². The van der Waals surface area contributed by atoms with Gasteiger partial charge in [-0.05, 0) is 25.3 Å². The van der Waals surface area contributed by atoms with Crippen molar-refractivity contribution in [3.63, 3.8) is 0 Å². The van der Waals surface area contributed by atoms with Crippen LogP contribution in [0.5, 0.6) is 0 Å². The van der Waals surface area contributed by atoms with E-state index in [0.717, 1.165) is 31.6 Å². The van der Waals surface area contributed by atoms with Crippen molar-refractivity contribution in [2.75, 3.05) is 13.1 Å². The average Bonchev–Trinajstić information content (AvgIpc) is 2.93. The molecule has 1 saturated heterocycles. The van der Waals surface area contributed by atoms with Gasteiger partial charge in [-0.1, -0.05) is 35.5 Å². The molecule has 4 nitrogen and oxygen atoms in total. The maximum atomic E-state index is 12.4. The first-order valence-electron chi connectivity index (χ1n) is 7.47. The van der Waals surface area contributed by atoms with E-state index in [1.54, 1.807) is 0 Å². The molecule has 1 amide bonds. The summed E-state index contributed by atoms with van der Waals surface area (Å²) >= 11 is 0. The highest BCUT2D eigenvalue weighted by molar-refractivity contribution is 5.78. The van der Waals surface area contributed by atoms with Crippen LogP contribution in [0.3, 0.4) is 0 Å². The molecule has 2 aromatic rings. The molecule has 0 N–H and O–H groups in total. The number of benzene rings is 1. The van der Waals surface area contributed by atoms with E-state index in [4.69, 9.17) is 4.52 Å². The number of rotatable bonds is 3. The number of piperidine rings is 1. The third-order valence-corrected chi connectivity index (χ3v) is 4.05. The third-order valence-electron chi connectivity index (χ3n) is 4.05. The zero-order chi connectivity index (χ0) is 14.7. The van der Waals surface area contributed by atoms with Crippen LogP contribution in [0.15, 0.2) is 40.9 Å². The summed E-state index contributed by atoms with van der Waals surface area (Å²) in [6.07, 6.45) is 2.51. The molecule has 2 heterocycles. The maximum Gasteiger partial charge on any atom is 0.230 e. The van der Waals surface area contributed by atoms with Crippen LogP contribution in [0.25, 0.3) is 0 Å². The number of aryl methyl sites for hydroxylation is 1. The Bertz CT molecular complexity index is 606. The number of nitrogens with zero attached hydrogens (tertiary/aromatic N) is 2. The Kier molecular flexibility index (Phi) is 4.04. The molecule has 1 aromatic carbocycles. The van der Waals surface area contributed by atoms with Crippen LogP contribution in [0, 0.1) is 6.92 Å². The van der Waals surface area contributed by atoms with E-state index in [9.17, 15) is 4.79 Å². The summed E-state index contributed by atoms with van der Waals surface area (Å²) < 4.78 is 5.14. The Morgan fingerprint density at radius 3 is 2.90 bits per heavy atom. The maximum absolute atomic E-state index is 12.4. The lowest BCUT2D eigenvalue weighted by atomic mass is 9.90. The van der Waals surface area contributed by atoms with E-state index in [-0.39, 0.29) is 5.91 Å². The Labute approximate surface area is 124 Å². The van der Waals surface area contributed by atoms with Gasteiger partial charge < -0.3 is 9.42 Å². The first kappa shape index (κ1) is 13.9. The molecule has 21 heavy (non-hydrogen) atoms. The fraction of sp³-hybridized carbons (Fsp3) is 0.412. The highest BCUT2D eigenvalue weighted by atomic mass is 16.5. The van der Waals surface area contributed by atoms with E-state index in [1.807, 2.05) is 24.0 Å². The van der Waals surface area contributed by atoms with E-state index in [2.05, 4.69) is 29.4 Å². The van der Waals surface area contributed by atoms with Gasteiger partial charge in [-0.2, -0.15) is 0 Å². The Balaban J connectivity index is 1.64. The summed E-state index contributed by atoms with van der Waals surface area (Å²) in [6.45, 7) is 3.51. The van der Waals surface area contributed by atoms with Crippen LogP contribution >= 0.6 is 0 Å². The van der Waals surface area contributed by atoms with Gasteiger partial charge in [0.2, 0.25) is 5.91 Å². The summed E-state index contributed by atoms with van der Waals surface area (Å²) in [7, 11) is 0. The third kappa shape index (κ3) is 3.32. The van der Waals surface area contributed by atoms with Gasteiger partial charge in [0.1, 0.15) is 5.76 Å². The average molecular weight is 284 g/mol. The molecule has 1 fully saturated rings. The van der Waals surface area contributed by atoms with Crippen LogP contribution < -0.4 is 0 Å². The molecule has 1 aromatic heterocycles. The zero-order valence-corrected chi connectivity index (χ0v) is 12.3. The van der Waals surface area contributed by atoms with Gasteiger partial charge >= 0.3 is 0 Å². The van der Waals surface area contributed by atoms with Crippen molar-refractivity contribution >= 4 is 5.91 Å². The van der Waals surface area contributed by atoms with Crippen molar-refractivity contribution in [1.29, 1.82) is 0 Å². The highest BCUT2D eigenvalue weighted by Crippen LogP contribution is 2.27. The molecule has 110 valence electrons. The predicted octanol–water partition coefficient (Wildman–Crippen LogP) is 2.93. The Morgan fingerprint density at radius 2 is 2.19 bits per heavy atom. The molecule has 0 aliphatic carbocycles. The van der Waals surface area contributed by atoms with Crippen molar-refractivity contribution in [3.8, 4) is 0 Å². The number of hydrogen-bond acceptors (Lipinski definition) is 3. The number of likely N-dealkylation sites (tertiary alicyclic amines) is 1. The van der Waals surface area contributed by atoms with Gasteiger partial charge in [0.05, 0.1) is 12.1 Å². The van der Waals surface area contributed by atoms with Crippen LogP contribution in [0.2, 0.25) is 0 Å². The molecule has 0 bridgehead atoms. The number of hydrogen-bond donors (Lipinski definition) is 0. The van der Waals surface area contributed by atoms with Crippen LogP contribution in [-0.2, 0) is 11.2 Å². The van der Waals surface area contributed by atoms with E-state index in [0.29, 0.717) is 18.1 Å². The number of carbonyl (C=O) groups excluding carboxylic acids is 1. The van der Waals surface area contributed by atoms with E-state index >= 15 is 0 Å². The highest BCUT2D eigenvalue weighted by Gasteiger charge is 2.25. The molecule has 1 atom stereocenters. The molecular formula is C17H20N2O2. The smallest absolute Gasteiger partial charge is 0.230 e. The number of amides is 1. The predicted molar refractivity (Wildman–Crippen MR) is 79.9 cm³/mol. The van der Waals surface area contributed by atoms with Crippen molar-refractivity contribution in [2.24, 2.45) is 0 Å². The second-order valence-electron chi connectivity index (χ2n) is 5.70. The summed E-state index contributed by atoms with van der Waals surface area (Å²) in [5.41, 5.74) is 2.14. The van der Waals surface area contributed by atoms with E-state index < -0.39 is 0 Å². The molecule has 0 saturated carbocycles. The van der Waals surface area contributed by atoms with Crippen molar-refractivity contribution in [1.82, 2.24) is 10.1 Å². The lowest BCUT2D eigenvalue weighted by Gasteiger charge is -2.33. The largest absolute Gasteiger partial charge is 0.361 e. The summed E-state index contributed by atoms with van der Waals surface area (Å²) in [5, 5.41) is 3.83. The van der Waals surface area contributed by atoms with Gasteiger partial charge in [0, 0.05) is 25.1 Å². The fourth-order valence-electron chi connectivity index (χ4n) is 2.96. The second kappa shape index (κ2) is 6.12. The van der Waals surface area contributed by atoms with E-state index in [1.165, 1.54) is 5.56 Å². The Hall–Kier alpha value is -2.10. The van der Waals surface area contributed by atoms with Crippen LogP contribution in [-0.4, -0.2) is 29.1 Å². The van der Waals surface area contributed by atoms with Gasteiger partial charge in [0.15, 0.2) is 0 Å². The van der Waals surface area contributed by atoms with Gasteiger partial charge in [-0.3, -0.25) is 4.79 Å². The SMILES string of the molecule is Cc1cc(CC(=O)N2CCC[C@@H](c3ccccc3)C2)on1. The number of carbonyl (C=O) groups is 1. The molecular weight excluding hydrogens is 264 g/mol. The second-order valence-corrected chi connectivity index (χ2v) is 5.70. The monoisotopic (exact) mass is 284 g/mol. The van der Waals surface area contributed by atoms with Gasteiger partial charge in [-0.25, -0.2) is 0 Å². The minimum absolute atomic E-state index is 0.131. The normalized spacial score (nSPS) is 18.7. The van der Waals surface area contributed by atoms with Gasteiger partial charge in [-0.15, -0.1) is 0 Å². The summed E-state index contributed by atoms with van der Waals surface area (Å²) in [4.78, 5) is 14.3. The molecule has 0 radical (unpaired) electrons.